The van der Waals surface area contributed by atoms with Crippen molar-refractivity contribution < 1.29 is 19.1 Å². The molecule has 1 aliphatic heterocycles. The summed E-state index contributed by atoms with van der Waals surface area (Å²) in [6, 6.07) is 15.5. The maximum Gasteiger partial charge on any atom is 0.329 e. The Balaban J connectivity index is 1.55. The normalized spacial score (nSPS) is 25.5. The summed E-state index contributed by atoms with van der Waals surface area (Å²) in [7, 11) is 0. The zero-order valence-electron chi connectivity index (χ0n) is 19.3. The van der Waals surface area contributed by atoms with Gasteiger partial charge in [-0.15, -0.1) is 0 Å². The highest BCUT2D eigenvalue weighted by atomic mass is 16.5. The van der Waals surface area contributed by atoms with Gasteiger partial charge in [-0.2, -0.15) is 0 Å². The van der Waals surface area contributed by atoms with Gasteiger partial charge in [-0.1, -0.05) is 81.6 Å². The van der Waals surface area contributed by atoms with E-state index in [0.29, 0.717) is 13.0 Å². The third kappa shape index (κ3) is 3.32. The summed E-state index contributed by atoms with van der Waals surface area (Å²) in [5.74, 6) is -2.09. The van der Waals surface area contributed by atoms with Crippen LogP contribution in [0.4, 0.5) is 0 Å². The van der Waals surface area contributed by atoms with Crippen LogP contribution in [-0.2, 0) is 19.1 Å². The van der Waals surface area contributed by atoms with Crippen LogP contribution in [0.1, 0.15) is 80.0 Å². The first-order valence-electron chi connectivity index (χ1n) is 12.3. The minimum atomic E-state index is -0.835. The van der Waals surface area contributed by atoms with Crippen LogP contribution < -0.4 is 0 Å². The number of amides is 2. The molecular weight excluding hydrogens is 414 g/mol. The molecule has 5 nitrogen and oxygen atoms in total. The third-order valence-corrected chi connectivity index (χ3v) is 7.64. The molecule has 0 N–H and O–H groups in total. The maximum absolute atomic E-state index is 13.9. The van der Waals surface area contributed by atoms with E-state index in [2.05, 4.69) is 24.3 Å². The number of esters is 1. The number of rotatable bonds is 8. The molecular formula is C28H31NO4. The van der Waals surface area contributed by atoms with Crippen LogP contribution in [0, 0.1) is 11.8 Å². The number of hydrogen-bond donors (Lipinski definition) is 0. The van der Waals surface area contributed by atoms with E-state index >= 15 is 0 Å². The summed E-state index contributed by atoms with van der Waals surface area (Å²) < 4.78 is 5.51. The molecule has 0 saturated carbocycles. The second-order valence-electron chi connectivity index (χ2n) is 9.49. The molecule has 2 bridgehead atoms. The first-order chi connectivity index (χ1) is 16.1. The molecule has 2 aromatic rings. The predicted octanol–water partition coefficient (Wildman–Crippen LogP) is 4.78. The fourth-order valence-corrected chi connectivity index (χ4v) is 6.17. The van der Waals surface area contributed by atoms with E-state index in [1.165, 1.54) is 4.90 Å². The van der Waals surface area contributed by atoms with Crippen LogP contribution >= 0.6 is 0 Å². The van der Waals surface area contributed by atoms with E-state index < -0.39 is 23.8 Å². The minimum Gasteiger partial charge on any atom is -0.464 e. The molecule has 2 amide bonds. The molecule has 3 aliphatic carbocycles. The Kier molecular flexibility index (Phi) is 5.81. The summed E-state index contributed by atoms with van der Waals surface area (Å²) >= 11 is 0. The summed E-state index contributed by atoms with van der Waals surface area (Å²) in [6.45, 7) is 4.40. The number of likely N-dealkylation sites (tertiary alicyclic amines) is 1. The molecule has 6 rings (SSSR count). The van der Waals surface area contributed by atoms with Gasteiger partial charge in [-0.25, -0.2) is 4.79 Å². The smallest absolute Gasteiger partial charge is 0.329 e. The second-order valence-corrected chi connectivity index (χ2v) is 9.49. The topological polar surface area (TPSA) is 63.7 Å². The Labute approximate surface area is 195 Å². The zero-order chi connectivity index (χ0) is 23.1. The van der Waals surface area contributed by atoms with E-state index in [0.717, 1.165) is 47.9 Å². The van der Waals surface area contributed by atoms with Gasteiger partial charge < -0.3 is 4.74 Å². The predicted molar refractivity (Wildman–Crippen MR) is 125 cm³/mol. The second kappa shape index (κ2) is 8.77. The van der Waals surface area contributed by atoms with Crippen molar-refractivity contribution in [3.63, 3.8) is 0 Å². The third-order valence-electron chi connectivity index (χ3n) is 7.64. The molecule has 5 heteroatoms. The van der Waals surface area contributed by atoms with Crippen molar-refractivity contribution in [3.8, 4) is 0 Å². The van der Waals surface area contributed by atoms with Gasteiger partial charge in [0.05, 0.1) is 18.4 Å². The van der Waals surface area contributed by atoms with Crippen LogP contribution in [0.5, 0.6) is 0 Å². The maximum atomic E-state index is 13.9. The lowest BCUT2D eigenvalue weighted by Gasteiger charge is -2.45. The number of hydrogen-bond acceptors (Lipinski definition) is 4. The average Bonchev–Trinajstić information content (AvgIpc) is 3.10. The molecule has 2 aromatic carbocycles. The first-order valence-corrected chi connectivity index (χ1v) is 12.3. The van der Waals surface area contributed by atoms with Crippen LogP contribution in [0.25, 0.3) is 0 Å². The molecule has 1 heterocycles. The Morgan fingerprint density at radius 3 is 1.70 bits per heavy atom. The van der Waals surface area contributed by atoms with E-state index in [9.17, 15) is 14.4 Å². The highest BCUT2D eigenvalue weighted by Crippen LogP contribution is 2.61. The van der Waals surface area contributed by atoms with E-state index in [1.54, 1.807) is 0 Å². The fraction of sp³-hybridized carbons (Fsp3) is 0.464. The molecule has 1 fully saturated rings. The highest BCUT2D eigenvalue weighted by Gasteiger charge is 2.63. The molecule has 1 saturated heterocycles. The van der Waals surface area contributed by atoms with Crippen molar-refractivity contribution in [1.29, 1.82) is 0 Å². The highest BCUT2D eigenvalue weighted by molar-refractivity contribution is 6.10. The molecule has 0 radical (unpaired) electrons. The number of imide groups is 1. The van der Waals surface area contributed by atoms with Crippen molar-refractivity contribution in [2.75, 3.05) is 6.61 Å². The van der Waals surface area contributed by atoms with Gasteiger partial charge in [-0.05, 0) is 35.1 Å². The standard InChI is InChI=1S/C28H31NO4/c1-3-5-15-21(28(32)33-16-6-4-2)29-26(30)24-22-17-11-7-8-12-18(17)23(25(24)27(29)31)20-14-10-9-13-19(20)22/h7-14,21-25H,3-6,15-16H2,1-2H3/t21-,22?,23?,24+,25+/m0/s1. The summed E-state index contributed by atoms with van der Waals surface area (Å²) in [5, 5.41) is 0. The van der Waals surface area contributed by atoms with Crippen molar-refractivity contribution >= 4 is 17.8 Å². The number of ether oxygens (including phenoxy) is 1. The van der Waals surface area contributed by atoms with Gasteiger partial charge in [-0.3, -0.25) is 14.5 Å². The van der Waals surface area contributed by atoms with Gasteiger partial charge >= 0.3 is 5.97 Å². The summed E-state index contributed by atoms with van der Waals surface area (Å²) in [5.41, 5.74) is 4.56. The number of benzene rings is 2. The van der Waals surface area contributed by atoms with Crippen molar-refractivity contribution in [2.45, 2.75) is 63.8 Å². The van der Waals surface area contributed by atoms with Crippen LogP contribution in [0.3, 0.4) is 0 Å². The lowest BCUT2D eigenvalue weighted by molar-refractivity contribution is -0.159. The molecule has 3 atom stereocenters. The van der Waals surface area contributed by atoms with Gasteiger partial charge in [0.25, 0.3) is 0 Å². The molecule has 33 heavy (non-hydrogen) atoms. The zero-order valence-corrected chi connectivity index (χ0v) is 19.3. The Hall–Kier alpha value is -2.95. The lowest BCUT2D eigenvalue weighted by atomic mass is 9.55. The number of carbonyl (C=O) groups excluding carboxylic acids is 3. The average molecular weight is 446 g/mol. The fourth-order valence-electron chi connectivity index (χ4n) is 6.17. The summed E-state index contributed by atoms with van der Waals surface area (Å²) in [6.07, 6.45) is 3.78. The van der Waals surface area contributed by atoms with Gasteiger partial charge in [0.2, 0.25) is 11.8 Å². The Bertz CT molecular complexity index is 977. The van der Waals surface area contributed by atoms with Gasteiger partial charge in [0, 0.05) is 11.8 Å². The van der Waals surface area contributed by atoms with Crippen molar-refractivity contribution in [1.82, 2.24) is 4.90 Å². The lowest BCUT2D eigenvalue weighted by Crippen LogP contribution is -2.46. The monoisotopic (exact) mass is 445 g/mol. The quantitative estimate of drug-likeness (QED) is 0.333. The largest absolute Gasteiger partial charge is 0.464 e. The number of nitrogens with zero attached hydrogens (tertiary/aromatic N) is 1. The molecule has 0 unspecified atom stereocenters. The molecule has 0 spiro atoms. The number of unbranched alkanes of at least 4 members (excludes halogenated alkanes) is 2. The van der Waals surface area contributed by atoms with Crippen molar-refractivity contribution in [3.05, 3.63) is 70.8 Å². The summed E-state index contributed by atoms with van der Waals surface area (Å²) in [4.78, 5) is 42.1. The Morgan fingerprint density at radius 1 is 0.818 bits per heavy atom. The van der Waals surface area contributed by atoms with Crippen LogP contribution in [-0.4, -0.2) is 35.3 Å². The SMILES string of the molecule is CCCCOC(=O)[C@H](CCCC)N1C(=O)[C@@H]2C3c4ccccc4C(c4ccccc43)[C@H]2C1=O. The molecule has 0 aromatic heterocycles. The van der Waals surface area contributed by atoms with E-state index in [1.807, 2.05) is 38.1 Å². The molecule has 172 valence electrons. The Morgan fingerprint density at radius 2 is 1.27 bits per heavy atom. The van der Waals surface area contributed by atoms with E-state index in [4.69, 9.17) is 4.74 Å². The van der Waals surface area contributed by atoms with Gasteiger partial charge in [0.15, 0.2) is 0 Å². The number of carbonyl (C=O) groups is 3. The first kappa shape index (κ1) is 21.9. The molecule has 4 aliphatic rings. The van der Waals surface area contributed by atoms with E-state index in [-0.39, 0.29) is 23.7 Å². The minimum absolute atomic E-state index is 0.156. The van der Waals surface area contributed by atoms with Crippen LogP contribution in [0.2, 0.25) is 0 Å². The van der Waals surface area contributed by atoms with Crippen molar-refractivity contribution in [2.24, 2.45) is 11.8 Å². The van der Waals surface area contributed by atoms with Crippen LogP contribution in [0.15, 0.2) is 48.5 Å². The van der Waals surface area contributed by atoms with Gasteiger partial charge in [0.1, 0.15) is 6.04 Å².